The fourth-order valence-corrected chi connectivity index (χ4v) is 8.81. The van der Waals surface area contributed by atoms with Crippen molar-refractivity contribution in [3.05, 3.63) is 23.8 Å². The van der Waals surface area contributed by atoms with Crippen molar-refractivity contribution in [2.45, 2.75) is 105 Å². The molecule has 0 aliphatic heterocycles. The Morgan fingerprint density at radius 3 is 2.56 bits per heavy atom. The molecule has 4 aliphatic rings. The summed E-state index contributed by atoms with van der Waals surface area (Å²) >= 11 is 0. The summed E-state index contributed by atoms with van der Waals surface area (Å²) in [7, 11) is 0. The van der Waals surface area contributed by atoms with Crippen LogP contribution in [0.4, 0.5) is 0 Å². The van der Waals surface area contributed by atoms with Crippen molar-refractivity contribution < 1.29 is 19.7 Å². The quantitative estimate of drug-likeness (QED) is 0.349. The molecular formula is C30H48O4. The van der Waals surface area contributed by atoms with Gasteiger partial charge < -0.3 is 14.9 Å². The lowest BCUT2D eigenvalue weighted by Crippen LogP contribution is -2.57. The van der Waals surface area contributed by atoms with Crippen LogP contribution in [0.3, 0.4) is 0 Å². The number of hydrogen-bond donors (Lipinski definition) is 2. The lowest BCUT2D eigenvalue weighted by Gasteiger charge is -2.60. The zero-order valence-electron chi connectivity index (χ0n) is 22.2. The van der Waals surface area contributed by atoms with Crippen LogP contribution < -0.4 is 0 Å². The molecule has 0 aromatic carbocycles. The number of aliphatic hydroxyl groups excluding tert-OH is 2. The van der Waals surface area contributed by atoms with E-state index in [4.69, 9.17) is 4.74 Å². The van der Waals surface area contributed by atoms with Crippen LogP contribution in [-0.2, 0) is 9.53 Å². The summed E-state index contributed by atoms with van der Waals surface area (Å²) in [6.45, 7) is 15.6. The van der Waals surface area contributed by atoms with E-state index >= 15 is 0 Å². The van der Waals surface area contributed by atoms with E-state index in [1.807, 2.05) is 0 Å². The highest BCUT2D eigenvalue weighted by atomic mass is 16.5. The molecule has 0 amide bonds. The van der Waals surface area contributed by atoms with E-state index in [2.05, 4.69) is 40.3 Å². The molecular weight excluding hydrogens is 424 g/mol. The standard InChI is InChI=1S/C30H48O4/c1-18(2)19(3)7-8-20(4)24-9-10-25-28-26(12-13-29(24,25)6)30(17-34-21(5)31)14-11-23(32)15-22(30)16-27(28)33/h16,18,20,23-28,32-33H,3,7-15,17H2,1-2,4-6H3. The van der Waals surface area contributed by atoms with E-state index in [0.29, 0.717) is 42.6 Å². The Labute approximate surface area is 207 Å². The van der Waals surface area contributed by atoms with Gasteiger partial charge in [0.05, 0.1) is 12.2 Å². The van der Waals surface area contributed by atoms with E-state index < -0.39 is 6.10 Å². The van der Waals surface area contributed by atoms with Crippen molar-refractivity contribution in [3.63, 3.8) is 0 Å². The molecule has 0 bridgehead atoms. The predicted molar refractivity (Wildman–Crippen MR) is 136 cm³/mol. The predicted octanol–water partition coefficient (Wildman–Crippen LogP) is 6.07. The van der Waals surface area contributed by atoms with Gasteiger partial charge in [0.15, 0.2) is 0 Å². The highest BCUT2D eigenvalue weighted by Crippen LogP contribution is 2.67. The third kappa shape index (κ3) is 4.43. The molecule has 3 saturated carbocycles. The maximum atomic E-state index is 11.8. The Bertz CT molecular complexity index is 815. The topological polar surface area (TPSA) is 66.8 Å². The number of esters is 1. The minimum atomic E-state index is -0.463. The van der Waals surface area contributed by atoms with Crippen molar-refractivity contribution in [2.24, 2.45) is 46.3 Å². The minimum absolute atomic E-state index is 0.213. The van der Waals surface area contributed by atoms with E-state index in [1.54, 1.807) is 0 Å². The van der Waals surface area contributed by atoms with Gasteiger partial charge in [-0.2, -0.15) is 0 Å². The van der Waals surface area contributed by atoms with Crippen LogP contribution in [0.25, 0.3) is 0 Å². The molecule has 3 fully saturated rings. The Morgan fingerprint density at radius 1 is 1.15 bits per heavy atom. The molecule has 4 nitrogen and oxygen atoms in total. The van der Waals surface area contributed by atoms with Gasteiger partial charge in [-0.25, -0.2) is 0 Å². The van der Waals surface area contributed by atoms with Gasteiger partial charge in [0.25, 0.3) is 0 Å². The number of carbonyl (C=O) groups is 1. The molecule has 0 aromatic rings. The smallest absolute Gasteiger partial charge is 0.302 e. The van der Waals surface area contributed by atoms with Gasteiger partial charge in [-0.3, -0.25) is 4.79 Å². The maximum absolute atomic E-state index is 11.8. The van der Waals surface area contributed by atoms with Gasteiger partial charge in [-0.05, 0) is 98.7 Å². The number of rotatable bonds is 7. The second kappa shape index (κ2) is 9.73. The first-order chi connectivity index (χ1) is 16.0. The molecule has 4 rings (SSSR count). The third-order valence-corrected chi connectivity index (χ3v) is 10.9. The number of hydrogen-bond acceptors (Lipinski definition) is 4. The average molecular weight is 473 g/mol. The highest BCUT2D eigenvalue weighted by Gasteiger charge is 2.62. The fourth-order valence-electron chi connectivity index (χ4n) is 8.81. The molecule has 9 unspecified atom stereocenters. The van der Waals surface area contributed by atoms with Crippen molar-refractivity contribution in [3.8, 4) is 0 Å². The SMILES string of the molecule is C=C(CCC(C)C1CCC2C3C(O)C=C4CC(O)CCC4(COC(C)=O)C3CCC12C)C(C)C. The third-order valence-electron chi connectivity index (χ3n) is 10.9. The Balaban J connectivity index is 1.59. The lowest BCUT2D eigenvalue weighted by molar-refractivity contribution is -0.153. The Morgan fingerprint density at radius 2 is 1.88 bits per heavy atom. The van der Waals surface area contributed by atoms with Crippen LogP contribution >= 0.6 is 0 Å². The van der Waals surface area contributed by atoms with Gasteiger partial charge in [0.2, 0.25) is 0 Å². The molecule has 0 spiro atoms. The summed E-state index contributed by atoms with van der Waals surface area (Å²) in [5.41, 5.74) is 2.54. The zero-order chi connectivity index (χ0) is 24.8. The molecule has 0 aromatic heterocycles. The molecule has 4 heteroatoms. The van der Waals surface area contributed by atoms with E-state index in [0.717, 1.165) is 31.3 Å². The molecule has 34 heavy (non-hydrogen) atoms. The van der Waals surface area contributed by atoms with Gasteiger partial charge in [-0.15, -0.1) is 0 Å². The van der Waals surface area contributed by atoms with Crippen LogP contribution in [0.5, 0.6) is 0 Å². The van der Waals surface area contributed by atoms with Crippen molar-refractivity contribution >= 4 is 5.97 Å². The minimum Gasteiger partial charge on any atom is -0.465 e. The van der Waals surface area contributed by atoms with Crippen molar-refractivity contribution in [2.75, 3.05) is 6.61 Å². The molecule has 9 atom stereocenters. The summed E-state index contributed by atoms with van der Waals surface area (Å²) in [5.74, 6) is 2.71. The van der Waals surface area contributed by atoms with Gasteiger partial charge in [0.1, 0.15) is 6.61 Å². The zero-order valence-corrected chi connectivity index (χ0v) is 22.2. The van der Waals surface area contributed by atoms with Crippen molar-refractivity contribution in [1.29, 1.82) is 0 Å². The van der Waals surface area contributed by atoms with Gasteiger partial charge in [-0.1, -0.05) is 51.5 Å². The normalized spacial score (nSPS) is 42.3. The number of aliphatic hydroxyl groups is 2. The number of fused-ring (bicyclic) bond motifs is 5. The second-order valence-corrected chi connectivity index (χ2v) is 12.9. The van der Waals surface area contributed by atoms with Gasteiger partial charge in [0, 0.05) is 12.3 Å². The summed E-state index contributed by atoms with van der Waals surface area (Å²) in [6, 6.07) is 0. The maximum Gasteiger partial charge on any atom is 0.302 e. The molecule has 0 heterocycles. The largest absolute Gasteiger partial charge is 0.465 e. The van der Waals surface area contributed by atoms with Crippen LogP contribution in [0.2, 0.25) is 0 Å². The van der Waals surface area contributed by atoms with Crippen LogP contribution in [0, 0.1) is 46.3 Å². The number of carbonyl (C=O) groups excluding carboxylic acids is 1. The summed E-state index contributed by atoms with van der Waals surface area (Å²) in [6.07, 6.45) is 10.5. The van der Waals surface area contributed by atoms with E-state index in [9.17, 15) is 15.0 Å². The Kier molecular flexibility index (Phi) is 7.43. The summed E-state index contributed by atoms with van der Waals surface area (Å²) in [5, 5.41) is 21.9. The molecule has 192 valence electrons. The average Bonchev–Trinajstić information content (AvgIpc) is 3.13. The van der Waals surface area contributed by atoms with Crippen LogP contribution in [-0.4, -0.2) is 35.0 Å². The monoisotopic (exact) mass is 472 g/mol. The first-order valence-electron chi connectivity index (χ1n) is 13.9. The number of allylic oxidation sites excluding steroid dienone is 1. The van der Waals surface area contributed by atoms with Gasteiger partial charge >= 0.3 is 5.97 Å². The summed E-state index contributed by atoms with van der Waals surface area (Å²) < 4.78 is 5.68. The van der Waals surface area contributed by atoms with Crippen molar-refractivity contribution in [1.82, 2.24) is 0 Å². The second-order valence-electron chi connectivity index (χ2n) is 12.9. The fraction of sp³-hybridized carbons (Fsp3) is 0.833. The first-order valence-corrected chi connectivity index (χ1v) is 13.9. The molecule has 0 saturated heterocycles. The molecule has 0 radical (unpaired) electrons. The lowest BCUT2D eigenvalue weighted by atomic mass is 9.46. The van der Waals surface area contributed by atoms with E-state index in [1.165, 1.54) is 38.2 Å². The van der Waals surface area contributed by atoms with Crippen LogP contribution in [0.1, 0.15) is 92.4 Å². The van der Waals surface area contributed by atoms with Crippen LogP contribution in [0.15, 0.2) is 23.8 Å². The Hall–Kier alpha value is -1.13. The highest BCUT2D eigenvalue weighted by molar-refractivity contribution is 5.66. The number of ether oxygens (including phenoxy) is 1. The molecule has 2 N–H and O–H groups in total. The van der Waals surface area contributed by atoms with E-state index in [-0.39, 0.29) is 28.8 Å². The first kappa shape index (κ1) is 25.9. The molecule has 4 aliphatic carbocycles. The summed E-state index contributed by atoms with van der Waals surface area (Å²) in [4.78, 5) is 11.8.